The number of rotatable bonds is 3. The molecule has 0 aromatic heterocycles. The van der Waals surface area contributed by atoms with E-state index in [4.69, 9.17) is 5.26 Å². The lowest BCUT2D eigenvalue weighted by molar-refractivity contribution is 1.14. The highest BCUT2D eigenvalue weighted by Gasteiger charge is 2.02. The maximum absolute atomic E-state index is 9.05. The van der Waals surface area contributed by atoms with Gasteiger partial charge in [0.15, 0.2) is 0 Å². The summed E-state index contributed by atoms with van der Waals surface area (Å²) >= 11 is 3.45. The van der Waals surface area contributed by atoms with Crippen LogP contribution < -0.4 is 5.32 Å². The molecule has 0 spiro atoms. The molecule has 2 aromatic carbocycles. The van der Waals surface area contributed by atoms with Gasteiger partial charge in [0.05, 0.1) is 11.3 Å². The van der Waals surface area contributed by atoms with Crippen LogP contribution in [0.4, 0.5) is 5.69 Å². The Morgan fingerprint density at radius 2 is 2.06 bits per heavy atom. The number of anilines is 1. The number of hydrogen-bond donors (Lipinski definition) is 1. The Labute approximate surface area is 115 Å². The Bertz CT molecular complexity index is 600. The summed E-state index contributed by atoms with van der Waals surface area (Å²) < 4.78 is 1.06. The molecule has 3 heteroatoms. The molecule has 0 heterocycles. The highest BCUT2D eigenvalue weighted by molar-refractivity contribution is 9.10. The predicted octanol–water partition coefficient (Wildman–Crippen LogP) is 4.24. The average molecular weight is 301 g/mol. The van der Waals surface area contributed by atoms with E-state index in [0.717, 1.165) is 15.7 Å². The monoisotopic (exact) mass is 300 g/mol. The number of nitriles is 1. The fourth-order valence-electron chi connectivity index (χ4n) is 1.75. The number of nitrogens with zero attached hydrogens (tertiary/aromatic N) is 1. The maximum Gasteiger partial charge on any atom is 0.101 e. The van der Waals surface area contributed by atoms with Crippen LogP contribution in [0.2, 0.25) is 0 Å². The van der Waals surface area contributed by atoms with E-state index in [1.807, 2.05) is 37.3 Å². The summed E-state index contributed by atoms with van der Waals surface area (Å²) in [5.41, 5.74) is 3.88. The molecule has 0 unspecified atom stereocenters. The summed E-state index contributed by atoms with van der Waals surface area (Å²) in [5.74, 6) is 0. The van der Waals surface area contributed by atoms with Crippen molar-refractivity contribution in [2.45, 2.75) is 13.5 Å². The van der Waals surface area contributed by atoms with Gasteiger partial charge in [0.2, 0.25) is 0 Å². The van der Waals surface area contributed by atoms with Crippen LogP contribution in [0.5, 0.6) is 0 Å². The standard InChI is InChI=1S/C15H13BrN2/c1-11-5-6-13(9-17)15(7-11)18-10-12-3-2-4-14(16)8-12/h2-8,18H,10H2,1H3. The lowest BCUT2D eigenvalue weighted by Crippen LogP contribution is -2.01. The minimum Gasteiger partial charge on any atom is -0.380 e. The Hall–Kier alpha value is -1.79. The first-order chi connectivity index (χ1) is 8.69. The second-order valence-electron chi connectivity index (χ2n) is 4.14. The van der Waals surface area contributed by atoms with Crippen LogP contribution in [-0.2, 0) is 6.54 Å². The second-order valence-corrected chi connectivity index (χ2v) is 5.06. The first kappa shape index (κ1) is 12.7. The van der Waals surface area contributed by atoms with E-state index in [-0.39, 0.29) is 0 Å². The molecule has 90 valence electrons. The summed E-state index contributed by atoms with van der Waals surface area (Å²) in [6, 6.07) is 16.1. The van der Waals surface area contributed by atoms with Crippen molar-refractivity contribution in [2.24, 2.45) is 0 Å². The van der Waals surface area contributed by atoms with E-state index >= 15 is 0 Å². The molecule has 0 amide bonds. The van der Waals surface area contributed by atoms with Gasteiger partial charge >= 0.3 is 0 Å². The summed E-state index contributed by atoms with van der Waals surface area (Å²) in [6.07, 6.45) is 0. The molecule has 2 rings (SSSR count). The SMILES string of the molecule is Cc1ccc(C#N)c(NCc2cccc(Br)c2)c1. The molecule has 2 aromatic rings. The molecule has 18 heavy (non-hydrogen) atoms. The predicted molar refractivity (Wildman–Crippen MR) is 77.4 cm³/mol. The van der Waals surface area contributed by atoms with Gasteiger partial charge in [0.1, 0.15) is 6.07 Å². The quantitative estimate of drug-likeness (QED) is 0.920. The minimum absolute atomic E-state index is 0.676. The lowest BCUT2D eigenvalue weighted by atomic mass is 10.1. The van der Waals surface area contributed by atoms with Crippen molar-refractivity contribution < 1.29 is 0 Å². The number of nitrogens with one attached hydrogen (secondary N) is 1. The Morgan fingerprint density at radius 3 is 2.78 bits per heavy atom. The molecule has 0 aliphatic carbocycles. The van der Waals surface area contributed by atoms with Gasteiger partial charge in [-0.25, -0.2) is 0 Å². The van der Waals surface area contributed by atoms with E-state index in [1.54, 1.807) is 0 Å². The molecule has 0 aliphatic heterocycles. The molecule has 0 radical (unpaired) electrons. The maximum atomic E-state index is 9.05. The summed E-state index contributed by atoms with van der Waals surface area (Å²) in [6.45, 7) is 2.73. The summed E-state index contributed by atoms with van der Waals surface area (Å²) in [7, 11) is 0. The third kappa shape index (κ3) is 3.12. The van der Waals surface area contributed by atoms with E-state index in [9.17, 15) is 0 Å². The fraction of sp³-hybridized carbons (Fsp3) is 0.133. The van der Waals surface area contributed by atoms with Gasteiger partial charge in [-0.1, -0.05) is 34.1 Å². The zero-order valence-electron chi connectivity index (χ0n) is 10.1. The number of halogens is 1. The van der Waals surface area contributed by atoms with Crippen LogP contribution in [0.1, 0.15) is 16.7 Å². The lowest BCUT2D eigenvalue weighted by Gasteiger charge is -2.09. The van der Waals surface area contributed by atoms with Crippen LogP contribution >= 0.6 is 15.9 Å². The van der Waals surface area contributed by atoms with Gasteiger partial charge in [0, 0.05) is 11.0 Å². The Balaban J connectivity index is 2.15. The van der Waals surface area contributed by atoms with Crippen molar-refractivity contribution in [1.82, 2.24) is 0 Å². The molecule has 1 N–H and O–H groups in total. The van der Waals surface area contributed by atoms with Crippen LogP contribution in [0, 0.1) is 18.3 Å². The van der Waals surface area contributed by atoms with Gasteiger partial charge in [-0.05, 0) is 42.3 Å². The first-order valence-electron chi connectivity index (χ1n) is 5.68. The molecule has 0 aliphatic rings. The van der Waals surface area contributed by atoms with Crippen molar-refractivity contribution in [3.8, 4) is 6.07 Å². The number of benzene rings is 2. The van der Waals surface area contributed by atoms with E-state index in [1.165, 1.54) is 5.56 Å². The van der Waals surface area contributed by atoms with Crippen molar-refractivity contribution in [2.75, 3.05) is 5.32 Å². The molecule has 0 fully saturated rings. The van der Waals surface area contributed by atoms with E-state index in [0.29, 0.717) is 12.1 Å². The zero-order valence-corrected chi connectivity index (χ0v) is 11.7. The topological polar surface area (TPSA) is 35.8 Å². The molecule has 0 bridgehead atoms. The van der Waals surface area contributed by atoms with Gasteiger partial charge < -0.3 is 5.32 Å². The van der Waals surface area contributed by atoms with Crippen LogP contribution in [0.25, 0.3) is 0 Å². The third-order valence-electron chi connectivity index (χ3n) is 2.67. The molecule has 0 saturated heterocycles. The second kappa shape index (κ2) is 5.70. The normalized spacial score (nSPS) is 9.83. The van der Waals surface area contributed by atoms with Crippen molar-refractivity contribution in [1.29, 1.82) is 5.26 Å². The largest absolute Gasteiger partial charge is 0.380 e. The minimum atomic E-state index is 0.676. The zero-order chi connectivity index (χ0) is 13.0. The molecular formula is C15H13BrN2. The molecule has 0 atom stereocenters. The molecule has 0 saturated carbocycles. The van der Waals surface area contributed by atoms with Crippen molar-refractivity contribution >= 4 is 21.6 Å². The average Bonchev–Trinajstić information content (AvgIpc) is 2.37. The van der Waals surface area contributed by atoms with Crippen LogP contribution in [0.3, 0.4) is 0 Å². The van der Waals surface area contributed by atoms with Gasteiger partial charge in [-0.2, -0.15) is 5.26 Å². The smallest absolute Gasteiger partial charge is 0.101 e. The van der Waals surface area contributed by atoms with Crippen molar-refractivity contribution in [3.63, 3.8) is 0 Å². The van der Waals surface area contributed by atoms with Crippen LogP contribution in [-0.4, -0.2) is 0 Å². The van der Waals surface area contributed by atoms with Gasteiger partial charge in [-0.15, -0.1) is 0 Å². The summed E-state index contributed by atoms with van der Waals surface area (Å²) in [4.78, 5) is 0. The van der Waals surface area contributed by atoms with Crippen molar-refractivity contribution in [3.05, 3.63) is 63.6 Å². The molecule has 2 nitrogen and oxygen atoms in total. The number of hydrogen-bond acceptors (Lipinski definition) is 2. The van der Waals surface area contributed by atoms with Crippen LogP contribution in [0.15, 0.2) is 46.9 Å². The van der Waals surface area contributed by atoms with E-state index in [2.05, 4.69) is 39.4 Å². The fourth-order valence-corrected chi connectivity index (χ4v) is 2.19. The van der Waals surface area contributed by atoms with Gasteiger partial charge in [-0.3, -0.25) is 0 Å². The highest BCUT2D eigenvalue weighted by atomic mass is 79.9. The molecular weight excluding hydrogens is 288 g/mol. The third-order valence-corrected chi connectivity index (χ3v) is 3.16. The first-order valence-corrected chi connectivity index (χ1v) is 6.47. The highest BCUT2D eigenvalue weighted by Crippen LogP contribution is 2.18. The van der Waals surface area contributed by atoms with Gasteiger partial charge in [0.25, 0.3) is 0 Å². The van der Waals surface area contributed by atoms with E-state index < -0.39 is 0 Å². The Kier molecular flexibility index (Phi) is 4.01. The summed E-state index contributed by atoms with van der Waals surface area (Å²) in [5, 5.41) is 12.4. The number of aryl methyl sites for hydroxylation is 1. The Morgan fingerprint density at radius 1 is 1.22 bits per heavy atom.